The molecule has 2 rings (SSSR count). The Kier molecular flexibility index (Phi) is 4.29. The van der Waals surface area contributed by atoms with Crippen LogP contribution in [0.5, 0.6) is 0 Å². The summed E-state index contributed by atoms with van der Waals surface area (Å²) < 4.78 is 27.0. The molecule has 1 aliphatic rings. The highest BCUT2D eigenvalue weighted by Crippen LogP contribution is 2.26. The molecule has 0 heterocycles. The minimum atomic E-state index is -3.56. The topological polar surface area (TPSA) is 95.5 Å². The number of carboxylic acid groups (broad SMARTS) is 1. The molecule has 1 atom stereocenters. The molecular weight excluding hydrogens is 280 g/mol. The summed E-state index contributed by atoms with van der Waals surface area (Å²) in [4.78, 5) is 10.9. The zero-order valence-corrected chi connectivity index (χ0v) is 12.0. The Morgan fingerprint density at radius 1 is 1.40 bits per heavy atom. The maximum Gasteiger partial charge on any atom is 0.308 e. The fourth-order valence-corrected chi connectivity index (χ4v) is 3.17. The SMILES string of the molecule is CC(CNc1ccccc1S(=O)(=O)NC1CC1)C(=O)O. The van der Waals surface area contributed by atoms with Crippen LogP contribution in [0.3, 0.4) is 0 Å². The lowest BCUT2D eigenvalue weighted by atomic mass is 10.2. The minimum absolute atomic E-state index is 0.0333. The van der Waals surface area contributed by atoms with E-state index in [1.807, 2.05) is 0 Å². The second-order valence-electron chi connectivity index (χ2n) is 5.01. The standard InChI is InChI=1S/C13H18N2O4S/c1-9(13(16)17)8-14-11-4-2-3-5-12(11)20(18,19)15-10-6-7-10/h2-5,9-10,14-15H,6-8H2,1H3,(H,16,17). The van der Waals surface area contributed by atoms with Crippen LogP contribution < -0.4 is 10.0 Å². The van der Waals surface area contributed by atoms with E-state index in [9.17, 15) is 13.2 Å². The van der Waals surface area contributed by atoms with Crippen molar-refractivity contribution < 1.29 is 18.3 Å². The molecule has 1 aliphatic carbocycles. The van der Waals surface area contributed by atoms with E-state index >= 15 is 0 Å². The first kappa shape index (κ1) is 14.8. The molecule has 0 radical (unpaired) electrons. The Morgan fingerprint density at radius 3 is 2.65 bits per heavy atom. The van der Waals surface area contributed by atoms with Crippen LogP contribution in [0.2, 0.25) is 0 Å². The summed E-state index contributed by atoms with van der Waals surface area (Å²) in [7, 11) is -3.56. The molecule has 1 unspecified atom stereocenters. The number of anilines is 1. The molecule has 1 fully saturated rings. The average Bonchev–Trinajstić information content (AvgIpc) is 3.19. The van der Waals surface area contributed by atoms with Crippen LogP contribution >= 0.6 is 0 Å². The summed E-state index contributed by atoms with van der Waals surface area (Å²) in [6, 6.07) is 6.54. The Hall–Kier alpha value is -1.60. The highest BCUT2D eigenvalue weighted by atomic mass is 32.2. The van der Waals surface area contributed by atoms with Gasteiger partial charge in [0.15, 0.2) is 0 Å². The zero-order chi connectivity index (χ0) is 14.8. The lowest BCUT2D eigenvalue weighted by Gasteiger charge is -2.14. The fourth-order valence-electron chi connectivity index (χ4n) is 1.68. The van der Waals surface area contributed by atoms with Crippen molar-refractivity contribution in [2.75, 3.05) is 11.9 Å². The van der Waals surface area contributed by atoms with Gasteiger partial charge in [0, 0.05) is 12.6 Å². The van der Waals surface area contributed by atoms with Crippen LogP contribution in [0.15, 0.2) is 29.2 Å². The van der Waals surface area contributed by atoms with Gasteiger partial charge in [-0.25, -0.2) is 13.1 Å². The summed E-state index contributed by atoms with van der Waals surface area (Å²) in [6.07, 6.45) is 1.73. The van der Waals surface area contributed by atoms with Crippen molar-refractivity contribution >= 4 is 21.7 Å². The Labute approximate surface area is 118 Å². The first-order valence-corrected chi connectivity index (χ1v) is 7.96. The van der Waals surface area contributed by atoms with Gasteiger partial charge < -0.3 is 10.4 Å². The third-order valence-corrected chi connectivity index (χ3v) is 4.67. The monoisotopic (exact) mass is 298 g/mol. The van der Waals surface area contributed by atoms with E-state index in [4.69, 9.17) is 5.11 Å². The lowest BCUT2D eigenvalue weighted by molar-refractivity contribution is -0.140. The molecule has 1 aromatic rings. The molecular formula is C13H18N2O4S. The van der Waals surface area contributed by atoms with Gasteiger partial charge >= 0.3 is 5.97 Å². The number of sulfonamides is 1. The number of carboxylic acids is 1. The molecule has 6 nitrogen and oxygen atoms in total. The van der Waals surface area contributed by atoms with Gasteiger partial charge in [-0.3, -0.25) is 4.79 Å². The number of nitrogens with one attached hydrogen (secondary N) is 2. The van der Waals surface area contributed by atoms with E-state index in [0.29, 0.717) is 5.69 Å². The van der Waals surface area contributed by atoms with E-state index in [1.54, 1.807) is 25.1 Å². The van der Waals surface area contributed by atoms with Gasteiger partial charge in [-0.2, -0.15) is 0 Å². The Bertz CT molecular complexity index is 596. The number of benzene rings is 1. The summed E-state index contributed by atoms with van der Waals surface area (Å²) >= 11 is 0. The number of carbonyl (C=O) groups is 1. The number of rotatable bonds is 7. The molecule has 0 spiro atoms. The van der Waals surface area contributed by atoms with Gasteiger partial charge in [-0.15, -0.1) is 0 Å². The molecule has 1 saturated carbocycles. The molecule has 0 amide bonds. The second-order valence-corrected chi connectivity index (χ2v) is 6.69. The van der Waals surface area contributed by atoms with Crippen LogP contribution in [0.25, 0.3) is 0 Å². The number of hydrogen-bond donors (Lipinski definition) is 3. The first-order chi connectivity index (χ1) is 9.40. The minimum Gasteiger partial charge on any atom is -0.481 e. The van der Waals surface area contributed by atoms with Crippen molar-refractivity contribution in [1.82, 2.24) is 4.72 Å². The van der Waals surface area contributed by atoms with Crippen molar-refractivity contribution in [3.8, 4) is 0 Å². The normalized spacial score (nSPS) is 16.6. The molecule has 7 heteroatoms. The molecule has 0 aliphatic heterocycles. The maximum atomic E-state index is 12.2. The predicted molar refractivity (Wildman–Crippen MR) is 75.1 cm³/mol. The van der Waals surface area contributed by atoms with Crippen LogP contribution in [-0.4, -0.2) is 32.1 Å². The molecule has 1 aromatic carbocycles. The van der Waals surface area contributed by atoms with Gasteiger partial charge in [0.2, 0.25) is 10.0 Å². The summed E-state index contributed by atoms with van der Waals surface area (Å²) in [5.74, 6) is -1.52. The quantitative estimate of drug-likeness (QED) is 0.704. The van der Waals surface area contributed by atoms with Crippen molar-refractivity contribution in [1.29, 1.82) is 0 Å². The zero-order valence-electron chi connectivity index (χ0n) is 11.2. The van der Waals surface area contributed by atoms with Crippen LogP contribution in [0, 0.1) is 5.92 Å². The van der Waals surface area contributed by atoms with Gasteiger partial charge in [-0.05, 0) is 25.0 Å². The van der Waals surface area contributed by atoms with E-state index in [-0.39, 0.29) is 17.5 Å². The lowest BCUT2D eigenvalue weighted by Crippen LogP contribution is -2.27. The van der Waals surface area contributed by atoms with Crippen molar-refractivity contribution in [2.45, 2.75) is 30.7 Å². The molecule has 110 valence electrons. The summed E-state index contributed by atoms with van der Waals surface area (Å²) in [5, 5.41) is 11.7. The molecule has 0 saturated heterocycles. The first-order valence-electron chi connectivity index (χ1n) is 6.48. The van der Waals surface area contributed by atoms with E-state index < -0.39 is 21.9 Å². The van der Waals surface area contributed by atoms with E-state index in [1.165, 1.54) is 6.07 Å². The molecule has 20 heavy (non-hydrogen) atoms. The van der Waals surface area contributed by atoms with Crippen molar-refractivity contribution in [3.05, 3.63) is 24.3 Å². The third-order valence-electron chi connectivity index (χ3n) is 3.10. The smallest absolute Gasteiger partial charge is 0.308 e. The van der Waals surface area contributed by atoms with Crippen LogP contribution in [0.4, 0.5) is 5.69 Å². The summed E-state index contributed by atoms with van der Waals surface area (Å²) in [5.41, 5.74) is 0.425. The third kappa shape index (κ3) is 3.71. The van der Waals surface area contributed by atoms with Crippen LogP contribution in [0.1, 0.15) is 19.8 Å². The van der Waals surface area contributed by atoms with Gasteiger partial charge in [0.1, 0.15) is 4.90 Å². The van der Waals surface area contributed by atoms with Crippen molar-refractivity contribution in [3.63, 3.8) is 0 Å². The van der Waals surface area contributed by atoms with Gasteiger partial charge in [0.25, 0.3) is 0 Å². The predicted octanol–water partition coefficient (Wildman–Crippen LogP) is 1.26. The van der Waals surface area contributed by atoms with Gasteiger partial charge in [-0.1, -0.05) is 19.1 Å². The van der Waals surface area contributed by atoms with E-state index in [0.717, 1.165) is 12.8 Å². The van der Waals surface area contributed by atoms with Gasteiger partial charge in [0.05, 0.1) is 11.6 Å². The maximum absolute atomic E-state index is 12.2. The van der Waals surface area contributed by atoms with Crippen LogP contribution in [-0.2, 0) is 14.8 Å². The highest BCUT2D eigenvalue weighted by Gasteiger charge is 2.29. The Balaban J connectivity index is 2.15. The number of para-hydroxylation sites is 1. The fraction of sp³-hybridized carbons (Fsp3) is 0.462. The van der Waals surface area contributed by atoms with E-state index in [2.05, 4.69) is 10.0 Å². The number of hydrogen-bond acceptors (Lipinski definition) is 4. The average molecular weight is 298 g/mol. The molecule has 0 aromatic heterocycles. The second kappa shape index (κ2) is 5.80. The van der Waals surface area contributed by atoms with Crippen molar-refractivity contribution in [2.24, 2.45) is 5.92 Å². The summed E-state index contributed by atoms with van der Waals surface area (Å²) in [6.45, 7) is 1.74. The molecule has 3 N–H and O–H groups in total. The largest absolute Gasteiger partial charge is 0.481 e. The highest BCUT2D eigenvalue weighted by molar-refractivity contribution is 7.89. The Morgan fingerprint density at radius 2 is 2.05 bits per heavy atom. The molecule has 0 bridgehead atoms. The number of aliphatic carboxylic acids is 1.